The van der Waals surface area contributed by atoms with E-state index in [-0.39, 0.29) is 5.75 Å². The molecule has 0 saturated heterocycles. The Balaban J connectivity index is 0.000000238. The van der Waals surface area contributed by atoms with E-state index in [1.807, 2.05) is 98.9 Å². The standard InChI is InChI=1S/C27H24BN2O.C13H11Cl/c1-18-8-11-23(21(14-18)17-28)24-12-10-22(16-26(24)29-2)30-25-13-9-20(15-27(25)31)19-6-4-3-5-7-19;1-10-7-8-12(9-13(10)14)11-5-3-2-4-6-11/h3-17,29-31H,1-2H3;2-9H,1H3. The first-order valence-electron chi connectivity index (χ1n) is 14.8. The summed E-state index contributed by atoms with van der Waals surface area (Å²) in [5.41, 5.74) is 12.3. The fourth-order valence-electron chi connectivity index (χ4n) is 5.14. The van der Waals surface area contributed by atoms with Crippen molar-refractivity contribution in [2.24, 2.45) is 0 Å². The van der Waals surface area contributed by atoms with Crippen molar-refractivity contribution in [2.45, 2.75) is 13.8 Å². The van der Waals surface area contributed by atoms with Gasteiger partial charge in [0.2, 0.25) is 0 Å². The fraction of sp³-hybridized carbons (Fsp3) is 0.0750. The van der Waals surface area contributed by atoms with Crippen molar-refractivity contribution in [1.29, 1.82) is 0 Å². The van der Waals surface area contributed by atoms with E-state index in [2.05, 4.69) is 60.0 Å². The number of aryl methyl sites for hydroxylation is 2. The van der Waals surface area contributed by atoms with E-state index in [4.69, 9.17) is 19.1 Å². The Morgan fingerprint density at radius 1 is 0.622 bits per heavy atom. The summed E-state index contributed by atoms with van der Waals surface area (Å²) in [4.78, 5) is 0. The summed E-state index contributed by atoms with van der Waals surface area (Å²) in [6, 6.07) is 44.4. The van der Waals surface area contributed by atoms with Crippen molar-refractivity contribution >= 4 is 42.1 Å². The van der Waals surface area contributed by atoms with Crippen molar-refractivity contribution in [3.63, 3.8) is 0 Å². The van der Waals surface area contributed by atoms with Crippen molar-refractivity contribution < 1.29 is 5.11 Å². The molecule has 3 N–H and O–H groups in total. The molecule has 0 fully saturated rings. The predicted octanol–water partition coefficient (Wildman–Crippen LogP) is 10.5. The molecule has 0 aromatic heterocycles. The van der Waals surface area contributed by atoms with Gasteiger partial charge in [-0.1, -0.05) is 84.4 Å². The molecule has 45 heavy (non-hydrogen) atoms. The van der Waals surface area contributed by atoms with Crippen LogP contribution in [0.15, 0.2) is 133 Å². The molecule has 0 atom stereocenters. The summed E-state index contributed by atoms with van der Waals surface area (Å²) in [6.07, 6.45) is 0. The third-order valence-electron chi connectivity index (χ3n) is 7.63. The zero-order chi connectivity index (χ0) is 31.8. The van der Waals surface area contributed by atoms with Crippen LogP contribution in [0.25, 0.3) is 33.4 Å². The molecule has 0 saturated carbocycles. The molecule has 6 rings (SSSR count). The van der Waals surface area contributed by atoms with Gasteiger partial charge in [-0.05, 0) is 35.2 Å². The monoisotopic (exact) mass is 605 g/mol. The van der Waals surface area contributed by atoms with Crippen LogP contribution in [0, 0.1) is 13.8 Å². The molecule has 0 heterocycles. The molecule has 0 aliphatic heterocycles. The van der Waals surface area contributed by atoms with E-state index in [0.717, 1.165) is 49.8 Å². The normalized spacial score (nSPS) is 10.4. The van der Waals surface area contributed by atoms with Gasteiger partial charge in [0.05, 0.1) is 0 Å². The molecular weight excluding hydrogens is 571 g/mol. The van der Waals surface area contributed by atoms with Gasteiger partial charge in [-0.2, -0.15) is 0 Å². The summed E-state index contributed by atoms with van der Waals surface area (Å²) < 4.78 is 0. The van der Waals surface area contributed by atoms with Gasteiger partial charge in [0.1, 0.15) is 0 Å². The Hall–Kier alpha value is -5.06. The van der Waals surface area contributed by atoms with Gasteiger partial charge in [0.15, 0.2) is 0 Å². The number of halogens is 1. The topological polar surface area (TPSA) is 44.3 Å². The Labute approximate surface area is 272 Å². The van der Waals surface area contributed by atoms with Crippen molar-refractivity contribution in [3.8, 4) is 39.1 Å². The third kappa shape index (κ3) is 7.73. The van der Waals surface area contributed by atoms with Crippen molar-refractivity contribution in [2.75, 3.05) is 17.7 Å². The van der Waals surface area contributed by atoms with Crippen LogP contribution in [0.5, 0.6) is 5.75 Å². The van der Waals surface area contributed by atoms with Crippen LogP contribution in [0.1, 0.15) is 16.7 Å². The number of anilines is 3. The molecule has 0 bridgehead atoms. The second kappa shape index (κ2) is 14.6. The van der Waals surface area contributed by atoms with Gasteiger partial charge in [-0.3, -0.25) is 0 Å². The molecule has 0 aliphatic carbocycles. The van der Waals surface area contributed by atoms with Crippen LogP contribution in [-0.2, 0) is 0 Å². The average Bonchev–Trinajstić information content (AvgIpc) is 3.08. The molecule has 3 nitrogen and oxygen atoms in total. The van der Waals surface area contributed by atoms with Gasteiger partial charge in [0.25, 0.3) is 0 Å². The molecule has 0 aliphatic rings. The number of hydrogen-bond acceptors (Lipinski definition) is 3. The van der Waals surface area contributed by atoms with Gasteiger partial charge in [0, 0.05) is 5.02 Å². The molecule has 221 valence electrons. The number of aromatic hydroxyl groups is 1. The fourth-order valence-corrected chi connectivity index (χ4v) is 5.32. The van der Waals surface area contributed by atoms with E-state index in [1.165, 1.54) is 16.7 Å². The summed E-state index contributed by atoms with van der Waals surface area (Å²) >= 11 is 6.06. The molecule has 1 radical (unpaired) electrons. The van der Waals surface area contributed by atoms with Crippen LogP contribution in [0.4, 0.5) is 17.1 Å². The van der Waals surface area contributed by atoms with Crippen LogP contribution in [0.2, 0.25) is 5.02 Å². The number of phenols is 1. The number of benzene rings is 6. The predicted molar refractivity (Wildman–Crippen MR) is 196 cm³/mol. The molecule has 0 amide bonds. The Kier molecular flexibility index (Phi) is 10.2. The maximum atomic E-state index is 10.6. The molecule has 5 heteroatoms. The minimum absolute atomic E-state index is 0.204. The zero-order valence-corrected chi connectivity index (χ0v) is 26.4. The van der Waals surface area contributed by atoms with Gasteiger partial charge >= 0.3 is 148 Å². The quantitative estimate of drug-likeness (QED) is 0.125. The molecule has 0 spiro atoms. The van der Waals surface area contributed by atoms with E-state index in [0.29, 0.717) is 5.69 Å². The van der Waals surface area contributed by atoms with E-state index in [9.17, 15) is 5.11 Å². The van der Waals surface area contributed by atoms with Crippen LogP contribution in [0.3, 0.4) is 0 Å². The van der Waals surface area contributed by atoms with E-state index >= 15 is 0 Å². The number of nitrogens with one attached hydrogen (secondary N) is 2. The first-order chi connectivity index (χ1) is 21.9. The molecule has 6 aromatic rings. The summed E-state index contributed by atoms with van der Waals surface area (Å²) in [5, 5.41) is 18.0. The Bertz CT molecular complexity index is 1920. The molecular formula is C40H35BClN2O. The first kappa shape index (κ1) is 31.4. The maximum absolute atomic E-state index is 10.6. The number of phenolic OH excluding ortho intramolecular Hbond substituents is 1. The number of hydrogen-bond donors (Lipinski definition) is 3. The van der Waals surface area contributed by atoms with Crippen molar-refractivity contribution in [1.82, 2.24) is 0 Å². The Morgan fingerprint density at radius 3 is 1.84 bits per heavy atom. The first-order valence-corrected chi connectivity index (χ1v) is 15.2. The molecule has 6 aromatic carbocycles. The second-order valence-electron chi connectivity index (χ2n) is 10.8. The van der Waals surface area contributed by atoms with E-state index < -0.39 is 0 Å². The third-order valence-corrected chi connectivity index (χ3v) is 8.04. The van der Waals surface area contributed by atoms with Gasteiger partial charge in [-0.25, -0.2) is 0 Å². The van der Waals surface area contributed by atoms with Gasteiger partial charge in [-0.15, -0.1) is 0 Å². The van der Waals surface area contributed by atoms with E-state index in [1.54, 1.807) is 12.0 Å². The average molecular weight is 606 g/mol. The second-order valence-corrected chi connectivity index (χ2v) is 11.2. The minimum atomic E-state index is 0.204. The number of rotatable bonds is 7. The summed E-state index contributed by atoms with van der Waals surface area (Å²) in [6.45, 7) is 4.06. The van der Waals surface area contributed by atoms with Crippen molar-refractivity contribution in [3.05, 3.63) is 155 Å². The van der Waals surface area contributed by atoms with Crippen LogP contribution < -0.4 is 10.6 Å². The zero-order valence-electron chi connectivity index (χ0n) is 25.7. The van der Waals surface area contributed by atoms with Crippen LogP contribution in [-0.4, -0.2) is 25.6 Å². The molecule has 0 unspecified atom stereocenters. The van der Waals surface area contributed by atoms with Crippen LogP contribution >= 0.6 is 11.6 Å². The Morgan fingerprint density at radius 2 is 1.24 bits per heavy atom. The summed E-state index contributed by atoms with van der Waals surface area (Å²) in [7, 11) is 7.76. The SMILES string of the molecule is Cc1ccc(-c2ccccc2)cc1Cl.[B]=Cc1cc(C)ccc1-c1ccc(Nc2ccc(-c3ccccc3)cc2O)cc1NC. The summed E-state index contributed by atoms with van der Waals surface area (Å²) in [5.74, 6) is 1.84. The van der Waals surface area contributed by atoms with Gasteiger partial charge < -0.3 is 0 Å².